The topological polar surface area (TPSA) is 71.1 Å². The van der Waals surface area contributed by atoms with Crippen molar-refractivity contribution in [1.29, 1.82) is 5.26 Å². The average Bonchev–Trinajstić information content (AvgIpc) is 3.08. The van der Waals surface area contributed by atoms with E-state index in [1.165, 1.54) is 12.1 Å². The summed E-state index contributed by atoms with van der Waals surface area (Å²) in [5.74, 6) is 1.01. The number of aromatic nitrogens is 1. The molecule has 0 spiro atoms. The number of oxazole rings is 1. The van der Waals surface area contributed by atoms with Crippen molar-refractivity contribution in [3.05, 3.63) is 77.1 Å². The van der Waals surface area contributed by atoms with Crippen LogP contribution in [0.1, 0.15) is 22.7 Å². The number of ether oxygens (including phenoxy) is 1. The molecule has 0 radical (unpaired) electrons. The standard InChI is InChI=1S/C20H16FN3O2/c1-25-18-5-3-2-4-15(18)8-11-19-24-17(12-22)20(26-19)23-13-14-6-9-16(21)10-7-14/h2-11,23H,13H2,1H3. The third-order valence-corrected chi connectivity index (χ3v) is 3.66. The van der Waals surface area contributed by atoms with Crippen LogP contribution in [0.2, 0.25) is 0 Å². The summed E-state index contributed by atoms with van der Waals surface area (Å²) in [5.41, 5.74) is 1.89. The lowest BCUT2D eigenvalue weighted by Crippen LogP contribution is -1.99. The number of nitrogens with one attached hydrogen (secondary N) is 1. The highest BCUT2D eigenvalue weighted by molar-refractivity contribution is 5.70. The number of anilines is 1. The normalized spacial score (nSPS) is 10.7. The Morgan fingerprint density at radius 2 is 1.96 bits per heavy atom. The van der Waals surface area contributed by atoms with Crippen LogP contribution >= 0.6 is 0 Å². The molecule has 1 aromatic heterocycles. The molecule has 130 valence electrons. The van der Waals surface area contributed by atoms with Gasteiger partial charge in [0.1, 0.15) is 17.6 Å². The molecule has 0 unspecified atom stereocenters. The van der Waals surface area contributed by atoms with Crippen molar-refractivity contribution in [2.24, 2.45) is 0 Å². The molecule has 0 atom stereocenters. The summed E-state index contributed by atoms with van der Waals surface area (Å²) in [7, 11) is 1.60. The van der Waals surface area contributed by atoms with Crippen LogP contribution in [0.15, 0.2) is 52.9 Å². The first-order valence-electron chi connectivity index (χ1n) is 7.90. The molecule has 6 heteroatoms. The number of halogens is 1. The van der Waals surface area contributed by atoms with Gasteiger partial charge in [-0.3, -0.25) is 0 Å². The second kappa shape index (κ2) is 7.99. The lowest BCUT2D eigenvalue weighted by atomic mass is 10.2. The fraction of sp³-hybridized carbons (Fsp3) is 0.100. The number of hydrogen-bond donors (Lipinski definition) is 1. The molecule has 0 aliphatic rings. The first-order chi connectivity index (χ1) is 12.7. The lowest BCUT2D eigenvalue weighted by molar-refractivity contribution is 0.414. The van der Waals surface area contributed by atoms with Crippen molar-refractivity contribution >= 4 is 18.0 Å². The van der Waals surface area contributed by atoms with Crippen LogP contribution in [-0.4, -0.2) is 12.1 Å². The van der Waals surface area contributed by atoms with Gasteiger partial charge >= 0.3 is 0 Å². The van der Waals surface area contributed by atoms with Crippen LogP contribution in [0.5, 0.6) is 5.75 Å². The number of rotatable bonds is 6. The maximum Gasteiger partial charge on any atom is 0.232 e. The van der Waals surface area contributed by atoms with Crippen molar-refractivity contribution in [3.8, 4) is 11.8 Å². The first-order valence-corrected chi connectivity index (χ1v) is 7.90. The maximum absolute atomic E-state index is 12.9. The zero-order valence-electron chi connectivity index (χ0n) is 14.1. The van der Waals surface area contributed by atoms with Gasteiger partial charge in [-0.2, -0.15) is 10.2 Å². The molecular formula is C20H16FN3O2. The minimum Gasteiger partial charge on any atom is -0.496 e. The van der Waals surface area contributed by atoms with Crippen LogP contribution in [0.3, 0.4) is 0 Å². The van der Waals surface area contributed by atoms with Crippen molar-refractivity contribution in [2.45, 2.75) is 6.54 Å². The molecule has 5 nitrogen and oxygen atoms in total. The van der Waals surface area contributed by atoms with E-state index in [1.807, 2.05) is 30.3 Å². The zero-order chi connectivity index (χ0) is 18.4. The number of benzene rings is 2. The van der Waals surface area contributed by atoms with Gasteiger partial charge in [-0.05, 0) is 29.8 Å². The summed E-state index contributed by atoms with van der Waals surface area (Å²) in [6.45, 7) is 0.389. The van der Waals surface area contributed by atoms with Crippen LogP contribution in [0.4, 0.5) is 10.3 Å². The summed E-state index contributed by atoms with van der Waals surface area (Å²) in [6.07, 6.45) is 3.47. The Morgan fingerprint density at radius 3 is 2.69 bits per heavy atom. The fourth-order valence-electron chi connectivity index (χ4n) is 2.35. The highest BCUT2D eigenvalue weighted by atomic mass is 19.1. The van der Waals surface area contributed by atoms with Crippen LogP contribution < -0.4 is 10.1 Å². The van der Waals surface area contributed by atoms with E-state index < -0.39 is 0 Å². The van der Waals surface area contributed by atoms with Gasteiger partial charge in [0, 0.05) is 18.2 Å². The first kappa shape index (κ1) is 17.2. The van der Waals surface area contributed by atoms with Crippen LogP contribution in [0, 0.1) is 17.1 Å². The van der Waals surface area contributed by atoms with E-state index >= 15 is 0 Å². The molecule has 0 aliphatic carbocycles. The predicted octanol–water partition coefficient (Wildman–Crippen LogP) is 4.48. The minimum atomic E-state index is -0.296. The van der Waals surface area contributed by atoms with E-state index in [1.54, 1.807) is 31.4 Å². The van der Waals surface area contributed by atoms with Gasteiger partial charge in [-0.1, -0.05) is 30.3 Å². The Bertz CT molecular complexity index is 956. The van der Waals surface area contributed by atoms with E-state index in [4.69, 9.17) is 9.15 Å². The van der Waals surface area contributed by atoms with Gasteiger partial charge in [-0.15, -0.1) is 0 Å². The number of hydrogen-bond acceptors (Lipinski definition) is 5. The summed E-state index contributed by atoms with van der Waals surface area (Å²) >= 11 is 0. The van der Waals surface area contributed by atoms with E-state index in [-0.39, 0.29) is 17.4 Å². The summed E-state index contributed by atoms with van der Waals surface area (Å²) in [6, 6.07) is 15.6. The Balaban J connectivity index is 1.75. The molecule has 2 aromatic carbocycles. The van der Waals surface area contributed by atoms with Crippen molar-refractivity contribution in [2.75, 3.05) is 12.4 Å². The van der Waals surface area contributed by atoms with E-state index in [9.17, 15) is 9.65 Å². The van der Waals surface area contributed by atoms with E-state index in [0.717, 1.165) is 16.9 Å². The molecule has 26 heavy (non-hydrogen) atoms. The Labute approximate surface area is 150 Å². The fourth-order valence-corrected chi connectivity index (χ4v) is 2.35. The van der Waals surface area contributed by atoms with Crippen molar-refractivity contribution < 1.29 is 13.5 Å². The molecule has 0 fully saturated rings. The third-order valence-electron chi connectivity index (χ3n) is 3.66. The lowest BCUT2D eigenvalue weighted by Gasteiger charge is -2.03. The van der Waals surface area contributed by atoms with Crippen LogP contribution in [-0.2, 0) is 6.54 Å². The second-order valence-corrected chi connectivity index (χ2v) is 5.40. The molecule has 1 N–H and O–H groups in total. The molecule has 0 saturated heterocycles. The minimum absolute atomic E-state index is 0.159. The van der Waals surface area contributed by atoms with Gasteiger partial charge < -0.3 is 14.5 Å². The van der Waals surface area contributed by atoms with Gasteiger partial charge in [-0.25, -0.2) is 4.39 Å². The largest absolute Gasteiger partial charge is 0.496 e. The number of nitrogens with zero attached hydrogens (tertiary/aromatic N) is 2. The molecule has 1 heterocycles. The SMILES string of the molecule is COc1ccccc1C=Cc1nc(C#N)c(NCc2ccc(F)cc2)o1. The molecule has 0 aliphatic heterocycles. The quantitative estimate of drug-likeness (QED) is 0.710. The molecule has 3 rings (SSSR count). The number of para-hydroxylation sites is 1. The zero-order valence-corrected chi connectivity index (χ0v) is 14.1. The highest BCUT2D eigenvalue weighted by Gasteiger charge is 2.11. The Kier molecular flexibility index (Phi) is 5.30. The molecule has 3 aromatic rings. The number of methoxy groups -OCH3 is 1. The summed E-state index contributed by atoms with van der Waals surface area (Å²) in [5, 5.41) is 12.2. The smallest absolute Gasteiger partial charge is 0.232 e. The third kappa shape index (κ3) is 4.08. The summed E-state index contributed by atoms with van der Waals surface area (Å²) in [4.78, 5) is 4.15. The van der Waals surface area contributed by atoms with Gasteiger partial charge in [0.25, 0.3) is 0 Å². The highest BCUT2D eigenvalue weighted by Crippen LogP contribution is 2.22. The van der Waals surface area contributed by atoms with Crippen molar-refractivity contribution in [3.63, 3.8) is 0 Å². The summed E-state index contributed by atoms with van der Waals surface area (Å²) < 4.78 is 23.8. The maximum atomic E-state index is 12.9. The predicted molar refractivity (Wildman–Crippen MR) is 96.9 cm³/mol. The van der Waals surface area contributed by atoms with Gasteiger partial charge in [0.15, 0.2) is 0 Å². The second-order valence-electron chi connectivity index (χ2n) is 5.40. The monoisotopic (exact) mass is 349 g/mol. The van der Waals surface area contributed by atoms with Gasteiger partial charge in [0.2, 0.25) is 17.5 Å². The number of nitriles is 1. The Hall–Kier alpha value is -3.59. The molecule has 0 amide bonds. The van der Waals surface area contributed by atoms with Crippen LogP contribution in [0.25, 0.3) is 12.2 Å². The van der Waals surface area contributed by atoms with Gasteiger partial charge in [0.05, 0.1) is 7.11 Å². The Morgan fingerprint density at radius 1 is 1.19 bits per heavy atom. The average molecular weight is 349 g/mol. The molecule has 0 bridgehead atoms. The van der Waals surface area contributed by atoms with Crippen molar-refractivity contribution in [1.82, 2.24) is 4.98 Å². The van der Waals surface area contributed by atoms with E-state index in [0.29, 0.717) is 12.4 Å². The molecular weight excluding hydrogens is 333 g/mol. The molecule has 0 saturated carbocycles. The van der Waals surface area contributed by atoms with E-state index in [2.05, 4.69) is 10.3 Å².